The highest BCUT2D eigenvalue weighted by atomic mass is 35.5. The van der Waals surface area contributed by atoms with E-state index in [4.69, 9.17) is 16.6 Å². The van der Waals surface area contributed by atoms with E-state index in [1.807, 2.05) is 57.9 Å². The Morgan fingerprint density at radius 3 is 2.14 bits per heavy atom. The zero-order valence-electron chi connectivity index (χ0n) is 30.2. The lowest BCUT2D eigenvalue weighted by atomic mass is 9.99. The fraction of sp³-hybridized carbons (Fsp3) is 0.500. The van der Waals surface area contributed by atoms with Gasteiger partial charge in [-0.15, -0.1) is 15.3 Å². The predicted octanol–water partition coefficient (Wildman–Crippen LogP) is 3.68. The number of hydrogen-bond acceptors (Lipinski definition) is 12. The molecule has 2 saturated heterocycles. The first-order chi connectivity index (χ1) is 24.4. The summed E-state index contributed by atoms with van der Waals surface area (Å²) in [5, 5.41) is 29.1. The molecule has 0 saturated carbocycles. The van der Waals surface area contributed by atoms with E-state index in [9.17, 15) is 5.11 Å². The molecule has 0 spiro atoms. The van der Waals surface area contributed by atoms with Crippen LogP contribution in [0.1, 0.15) is 79.1 Å². The van der Waals surface area contributed by atoms with Gasteiger partial charge in [-0.05, 0) is 72.1 Å². The van der Waals surface area contributed by atoms with Gasteiger partial charge in [-0.2, -0.15) is 19.6 Å². The van der Waals surface area contributed by atoms with E-state index in [1.165, 1.54) is 19.3 Å². The van der Waals surface area contributed by atoms with Crippen LogP contribution >= 0.6 is 11.6 Å². The van der Waals surface area contributed by atoms with Crippen molar-refractivity contribution in [2.45, 2.75) is 72.3 Å². The molecule has 8 heterocycles. The summed E-state index contributed by atoms with van der Waals surface area (Å²) in [6.07, 6.45) is 10.5. The van der Waals surface area contributed by atoms with Crippen molar-refractivity contribution >= 4 is 46.9 Å². The highest BCUT2D eigenvalue weighted by Gasteiger charge is 2.25. The lowest BCUT2D eigenvalue weighted by Gasteiger charge is -2.29. The summed E-state index contributed by atoms with van der Waals surface area (Å²) >= 11 is 6.34. The molecule has 268 valence electrons. The third-order valence-electron chi connectivity index (χ3n) is 9.32. The predicted molar refractivity (Wildman–Crippen MR) is 195 cm³/mol. The van der Waals surface area contributed by atoms with Crippen molar-refractivity contribution < 1.29 is 5.11 Å². The van der Waals surface area contributed by atoms with Gasteiger partial charge in [-0.25, -0.2) is 24.1 Å². The van der Waals surface area contributed by atoms with Crippen molar-refractivity contribution in [3.05, 3.63) is 63.2 Å². The van der Waals surface area contributed by atoms with Crippen LogP contribution in [0, 0.1) is 20.8 Å². The number of halogens is 1. The van der Waals surface area contributed by atoms with E-state index in [-0.39, 0.29) is 0 Å². The Labute approximate surface area is 300 Å². The van der Waals surface area contributed by atoms with Crippen molar-refractivity contribution in [1.29, 1.82) is 0 Å². The zero-order valence-corrected chi connectivity index (χ0v) is 31.0. The van der Waals surface area contributed by atoms with Gasteiger partial charge in [0.15, 0.2) is 28.8 Å². The first-order valence-electron chi connectivity index (χ1n) is 17.3. The Balaban J connectivity index is 0.000000162. The second-order valence-corrected chi connectivity index (χ2v) is 14.1. The van der Waals surface area contributed by atoms with Gasteiger partial charge < -0.3 is 14.9 Å². The molecule has 8 rings (SSSR count). The molecular formula is C34H44ClN15O. The molecule has 0 aliphatic carbocycles. The van der Waals surface area contributed by atoms with Crippen LogP contribution in [0.3, 0.4) is 0 Å². The number of nitrogens with zero attached hydrogens (tertiary/aromatic N) is 15. The Kier molecular flexibility index (Phi) is 9.22. The molecule has 2 aliphatic rings. The Morgan fingerprint density at radius 2 is 1.47 bits per heavy atom. The second kappa shape index (κ2) is 13.6. The average molecular weight is 714 g/mol. The summed E-state index contributed by atoms with van der Waals surface area (Å²) in [4.78, 5) is 27.2. The minimum Gasteiger partial charge on any atom is -0.386 e. The quantitative estimate of drug-likeness (QED) is 0.244. The van der Waals surface area contributed by atoms with E-state index in [2.05, 4.69) is 50.1 Å². The van der Waals surface area contributed by atoms with Crippen LogP contribution in [-0.2, 0) is 32.5 Å². The summed E-state index contributed by atoms with van der Waals surface area (Å²) in [5.41, 5.74) is 2.88. The summed E-state index contributed by atoms with van der Waals surface area (Å²) < 4.78 is 7.10. The molecule has 16 nitrogen and oxygen atoms in total. The van der Waals surface area contributed by atoms with E-state index in [0.717, 1.165) is 72.5 Å². The van der Waals surface area contributed by atoms with Gasteiger partial charge in [0.25, 0.3) is 0 Å². The Morgan fingerprint density at radius 1 is 0.784 bits per heavy atom. The average Bonchev–Trinajstić information content (AvgIpc) is 3.89. The zero-order chi connectivity index (χ0) is 36.0. The molecule has 2 fully saturated rings. The van der Waals surface area contributed by atoms with E-state index < -0.39 is 5.60 Å². The molecule has 0 bridgehead atoms. The van der Waals surface area contributed by atoms with Crippen LogP contribution in [0.2, 0.25) is 5.02 Å². The molecule has 17 heteroatoms. The maximum atomic E-state index is 10.5. The topological polar surface area (TPSA) is 161 Å². The smallest absolute Gasteiger partial charge is 0.245 e. The maximum absolute atomic E-state index is 10.5. The molecule has 6 aromatic heterocycles. The molecule has 1 N–H and O–H groups in total. The highest BCUT2D eigenvalue weighted by Crippen LogP contribution is 2.29. The fourth-order valence-corrected chi connectivity index (χ4v) is 6.31. The number of fused-ring (bicyclic) bond motifs is 2. The number of aryl methyl sites for hydroxylation is 7. The number of pyridine rings is 1. The maximum Gasteiger partial charge on any atom is 0.245 e. The molecule has 0 aromatic carbocycles. The van der Waals surface area contributed by atoms with Crippen LogP contribution in [-0.4, -0.2) is 95.0 Å². The van der Waals surface area contributed by atoms with E-state index >= 15 is 0 Å². The van der Waals surface area contributed by atoms with Crippen LogP contribution in [0.5, 0.6) is 0 Å². The second-order valence-electron chi connectivity index (χ2n) is 13.7. The van der Waals surface area contributed by atoms with Crippen molar-refractivity contribution in [2.24, 2.45) is 14.1 Å². The highest BCUT2D eigenvalue weighted by molar-refractivity contribution is 6.31. The molecule has 6 aromatic rings. The van der Waals surface area contributed by atoms with Crippen molar-refractivity contribution in [1.82, 2.24) is 63.7 Å². The number of rotatable bonds is 8. The molecule has 0 unspecified atom stereocenters. The summed E-state index contributed by atoms with van der Waals surface area (Å²) in [6.45, 7) is 13.4. The molecule has 0 radical (unpaired) electrons. The van der Waals surface area contributed by atoms with Crippen molar-refractivity contribution in [2.75, 3.05) is 36.0 Å². The molecule has 51 heavy (non-hydrogen) atoms. The van der Waals surface area contributed by atoms with Crippen LogP contribution in [0.15, 0.2) is 12.3 Å². The standard InChI is InChI=1S/C19H26ClN7O.C15H18N8/c1-12-14(20)11-13(19(2,3)28)17-21-15(23-27(12)17)7-8-16-22-18(24-25(16)4)26-9-5-6-10-26;1-10-9-16-11(2)23-14(10)17-12(19-23)5-6-13-18-15(20-21(13)3)22-7-4-8-22/h11,28H,5-10H2,1-4H3;5-6,9H,4,7-8H2,1-3H3. The third kappa shape index (κ3) is 7.02. The first kappa shape index (κ1) is 34.5. The molecule has 0 amide bonds. The van der Waals surface area contributed by atoms with Gasteiger partial charge in [0.2, 0.25) is 11.9 Å². The summed E-state index contributed by atoms with van der Waals surface area (Å²) in [7, 11) is 3.82. The molecular weight excluding hydrogens is 670 g/mol. The van der Waals surface area contributed by atoms with Crippen molar-refractivity contribution in [3.63, 3.8) is 0 Å². The number of hydrogen-bond donors (Lipinski definition) is 1. The minimum absolute atomic E-state index is 0.560. The lowest BCUT2D eigenvalue weighted by Crippen LogP contribution is -2.37. The summed E-state index contributed by atoms with van der Waals surface area (Å²) in [5.74, 6) is 5.45. The Hall–Kier alpha value is -4.96. The van der Waals surface area contributed by atoms with Crippen LogP contribution in [0.25, 0.3) is 23.4 Å². The number of anilines is 2. The van der Waals surface area contributed by atoms with Crippen LogP contribution in [0.4, 0.5) is 11.9 Å². The van der Waals surface area contributed by atoms with Gasteiger partial charge in [0.1, 0.15) is 11.6 Å². The molecule has 0 atom stereocenters. The summed E-state index contributed by atoms with van der Waals surface area (Å²) in [6, 6.07) is 1.77. The molecule has 2 aliphatic heterocycles. The van der Waals surface area contributed by atoms with Crippen molar-refractivity contribution in [3.8, 4) is 0 Å². The normalized spacial score (nSPS) is 15.0. The van der Waals surface area contributed by atoms with E-state index in [1.54, 1.807) is 33.6 Å². The lowest BCUT2D eigenvalue weighted by molar-refractivity contribution is 0.0795. The van der Waals surface area contributed by atoms with Gasteiger partial charge in [0.05, 0.1) is 16.3 Å². The van der Waals surface area contributed by atoms with Crippen LogP contribution < -0.4 is 9.80 Å². The number of aromatic nitrogens is 13. The van der Waals surface area contributed by atoms with Gasteiger partial charge in [-0.3, -0.25) is 4.68 Å². The van der Waals surface area contributed by atoms with Gasteiger partial charge in [-0.1, -0.05) is 11.6 Å². The largest absolute Gasteiger partial charge is 0.386 e. The monoisotopic (exact) mass is 713 g/mol. The van der Waals surface area contributed by atoms with Gasteiger partial charge >= 0.3 is 0 Å². The fourth-order valence-electron chi connectivity index (χ4n) is 6.12. The van der Waals surface area contributed by atoms with Gasteiger partial charge in [0, 0.05) is 70.4 Å². The first-order valence-corrected chi connectivity index (χ1v) is 17.7. The minimum atomic E-state index is -1.06. The number of aliphatic hydroxyl groups is 1. The Bertz CT molecular complexity index is 2190. The van der Waals surface area contributed by atoms with E-state index in [0.29, 0.717) is 40.7 Å². The third-order valence-corrected chi connectivity index (χ3v) is 9.70. The SMILES string of the molecule is Cc1c(Cl)cc(C(C)(C)O)c2nc(CCc3nc(N4CCCC4)nn3C)nn12.Cc1cnc(C)n2nc(C=Cc3nc(N4CCC4)nn3C)nc12.